The Morgan fingerprint density at radius 3 is 2.75 bits per heavy atom. The standard InChI is InChI=1S/C17H22N8O2S/c1-3-23-13(2)16(11-19-23)28(26,27)24-10-4-5-15(24)12-25-21-17(20-22-25)14-6-8-18-9-7-14/h6-9,11,15H,3-5,10,12H2,1-2H3. The van der Waals surface area contributed by atoms with Crippen LogP contribution < -0.4 is 0 Å². The van der Waals surface area contributed by atoms with Crippen molar-refractivity contribution in [3.63, 3.8) is 0 Å². The van der Waals surface area contributed by atoms with Gasteiger partial charge in [0.2, 0.25) is 15.8 Å². The molecular formula is C17H22N8O2S. The van der Waals surface area contributed by atoms with Crippen LogP contribution in [0.4, 0.5) is 0 Å². The van der Waals surface area contributed by atoms with Gasteiger partial charge in [0.25, 0.3) is 0 Å². The van der Waals surface area contributed by atoms with Crippen LogP contribution in [0.1, 0.15) is 25.5 Å². The lowest BCUT2D eigenvalue weighted by Gasteiger charge is -2.23. The SMILES string of the molecule is CCn1ncc(S(=O)(=O)N2CCCC2Cn2nnc(-c3ccncc3)n2)c1C. The Morgan fingerprint density at radius 2 is 2.04 bits per heavy atom. The number of sulfonamides is 1. The van der Waals surface area contributed by atoms with E-state index in [1.165, 1.54) is 11.0 Å². The van der Waals surface area contributed by atoms with Gasteiger partial charge in [-0.25, -0.2) is 8.42 Å². The molecule has 11 heteroatoms. The monoisotopic (exact) mass is 402 g/mol. The zero-order valence-corrected chi connectivity index (χ0v) is 16.6. The van der Waals surface area contributed by atoms with Crippen molar-refractivity contribution in [1.29, 1.82) is 0 Å². The zero-order chi connectivity index (χ0) is 19.7. The van der Waals surface area contributed by atoms with Crippen LogP contribution in [0.3, 0.4) is 0 Å². The predicted molar refractivity (Wildman–Crippen MR) is 101 cm³/mol. The van der Waals surface area contributed by atoms with Crippen LogP contribution in [0.5, 0.6) is 0 Å². The van der Waals surface area contributed by atoms with E-state index < -0.39 is 10.0 Å². The summed E-state index contributed by atoms with van der Waals surface area (Å²) in [7, 11) is -3.62. The summed E-state index contributed by atoms with van der Waals surface area (Å²) >= 11 is 0. The van der Waals surface area contributed by atoms with Crippen LogP contribution in [0.15, 0.2) is 35.6 Å². The molecule has 1 aliphatic rings. The maximum atomic E-state index is 13.2. The predicted octanol–water partition coefficient (Wildman–Crippen LogP) is 1.11. The van der Waals surface area contributed by atoms with E-state index in [9.17, 15) is 8.42 Å². The van der Waals surface area contributed by atoms with Gasteiger partial charge in [-0.1, -0.05) is 0 Å². The minimum absolute atomic E-state index is 0.214. The second kappa shape index (κ2) is 7.40. The molecule has 0 aliphatic carbocycles. The van der Waals surface area contributed by atoms with Gasteiger partial charge < -0.3 is 0 Å². The number of tetrazole rings is 1. The number of pyridine rings is 1. The van der Waals surface area contributed by atoms with E-state index >= 15 is 0 Å². The molecule has 0 amide bonds. The van der Waals surface area contributed by atoms with Crippen molar-refractivity contribution in [2.45, 2.75) is 50.7 Å². The fraction of sp³-hybridized carbons (Fsp3) is 0.471. The first-order valence-electron chi connectivity index (χ1n) is 9.23. The molecule has 1 unspecified atom stereocenters. The third-order valence-electron chi connectivity index (χ3n) is 5.03. The molecule has 3 aromatic heterocycles. The van der Waals surface area contributed by atoms with E-state index in [4.69, 9.17) is 0 Å². The highest BCUT2D eigenvalue weighted by molar-refractivity contribution is 7.89. The maximum absolute atomic E-state index is 13.2. The Morgan fingerprint density at radius 1 is 1.25 bits per heavy atom. The quantitative estimate of drug-likeness (QED) is 0.607. The first-order valence-corrected chi connectivity index (χ1v) is 10.7. The number of rotatable bonds is 6. The van der Waals surface area contributed by atoms with Gasteiger partial charge in [0.1, 0.15) is 4.90 Å². The molecule has 1 aliphatic heterocycles. The second-order valence-corrected chi connectivity index (χ2v) is 8.58. The van der Waals surface area contributed by atoms with Crippen molar-refractivity contribution in [3.05, 3.63) is 36.4 Å². The number of nitrogens with zero attached hydrogens (tertiary/aromatic N) is 8. The molecule has 1 fully saturated rings. The highest BCUT2D eigenvalue weighted by Gasteiger charge is 2.37. The smallest absolute Gasteiger partial charge is 0.246 e. The van der Waals surface area contributed by atoms with Gasteiger partial charge in [-0.2, -0.15) is 14.2 Å². The van der Waals surface area contributed by atoms with Crippen LogP contribution >= 0.6 is 0 Å². The number of aryl methyl sites for hydroxylation is 1. The average molecular weight is 402 g/mol. The number of hydrogen-bond acceptors (Lipinski definition) is 7. The molecule has 0 aromatic carbocycles. The summed E-state index contributed by atoms with van der Waals surface area (Å²) in [6, 6.07) is 3.40. The van der Waals surface area contributed by atoms with Crippen molar-refractivity contribution in [2.24, 2.45) is 0 Å². The molecule has 4 heterocycles. The van der Waals surface area contributed by atoms with Gasteiger partial charge in [0.15, 0.2) is 0 Å². The largest absolute Gasteiger partial charge is 0.269 e. The van der Waals surface area contributed by atoms with Crippen molar-refractivity contribution in [3.8, 4) is 11.4 Å². The molecule has 4 rings (SSSR count). The van der Waals surface area contributed by atoms with Gasteiger partial charge in [-0.15, -0.1) is 10.2 Å². The van der Waals surface area contributed by atoms with Gasteiger partial charge in [0, 0.05) is 37.1 Å². The summed E-state index contributed by atoms with van der Waals surface area (Å²) in [5.74, 6) is 0.495. The van der Waals surface area contributed by atoms with E-state index in [1.54, 1.807) is 28.3 Å². The molecule has 1 saturated heterocycles. The van der Waals surface area contributed by atoms with Gasteiger partial charge >= 0.3 is 0 Å². The lowest BCUT2D eigenvalue weighted by molar-refractivity contribution is 0.323. The third kappa shape index (κ3) is 3.31. The Labute approximate surface area is 163 Å². The summed E-state index contributed by atoms with van der Waals surface area (Å²) in [5, 5.41) is 16.8. The Hall–Kier alpha value is -2.66. The summed E-state index contributed by atoms with van der Waals surface area (Å²) in [4.78, 5) is 5.72. The third-order valence-corrected chi connectivity index (χ3v) is 7.09. The molecule has 148 valence electrons. The van der Waals surface area contributed by atoms with E-state index in [-0.39, 0.29) is 10.9 Å². The molecule has 0 spiro atoms. The Balaban J connectivity index is 1.56. The minimum Gasteiger partial charge on any atom is -0.269 e. The molecular weight excluding hydrogens is 380 g/mol. The highest BCUT2D eigenvalue weighted by Crippen LogP contribution is 2.28. The summed E-state index contributed by atoms with van der Waals surface area (Å²) in [5.41, 5.74) is 1.48. The fourth-order valence-electron chi connectivity index (χ4n) is 3.56. The van der Waals surface area contributed by atoms with E-state index in [2.05, 4.69) is 25.5 Å². The van der Waals surface area contributed by atoms with Crippen LogP contribution in [-0.4, -0.2) is 60.3 Å². The van der Waals surface area contributed by atoms with E-state index in [0.29, 0.717) is 31.2 Å². The van der Waals surface area contributed by atoms with Crippen molar-refractivity contribution < 1.29 is 8.42 Å². The van der Waals surface area contributed by atoms with Gasteiger partial charge in [-0.05, 0) is 44.0 Å². The summed E-state index contributed by atoms with van der Waals surface area (Å²) in [6.45, 7) is 5.19. The van der Waals surface area contributed by atoms with Crippen LogP contribution in [-0.2, 0) is 23.1 Å². The Bertz CT molecular complexity index is 1060. The summed E-state index contributed by atoms with van der Waals surface area (Å²) in [6.07, 6.45) is 6.34. The fourth-order valence-corrected chi connectivity index (χ4v) is 5.41. The van der Waals surface area contributed by atoms with Crippen LogP contribution in [0.2, 0.25) is 0 Å². The lowest BCUT2D eigenvalue weighted by atomic mass is 10.2. The molecule has 0 saturated carbocycles. The van der Waals surface area contributed by atoms with Crippen molar-refractivity contribution in [2.75, 3.05) is 6.54 Å². The number of hydrogen-bond donors (Lipinski definition) is 0. The molecule has 0 N–H and O–H groups in total. The first kappa shape index (κ1) is 18.7. The highest BCUT2D eigenvalue weighted by atomic mass is 32.2. The van der Waals surface area contributed by atoms with E-state index in [1.807, 2.05) is 19.1 Å². The van der Waals surface area contributed by atoms with Crippen LogP contribution in [0, 0.1) is 6.92 Å². The molecule has 3 aromatic rings. The summed E-state index contributed by atoms with van der Waals surface area (Å²) < 4.78 is 29.7. The van der Waals surface area contributed by atoms with Crippen molar-refractivity contribution >= 4 is 10.0 Å². The molecule has 0 bridgehead atoms. The first-order chi connectivity index (χ1) is 13.5. The average Bonchev–Trinajstić information content (AvgIpc) is 3.43. The molecule has 1 atom stereocenters. The lowest BCUT2D eigenvalue weighted by Crippen LogP contribution is -2.38. The van der Waals surface area contributed by atoms with Crippen LogP contribution in [0.25, 0.3) is 11.4 Å². The zero-order valence-electron chi connectivity index (χ0n) is 15.8. The van der Waals surface area contributed by atoms with Gasteiger partial charge in [-0.3, -0.25) is 9.67 Å². The van der Waals surface area contributed by atoms with Crippen molar-refractivity contribution in [1.82, 2.24) is 39.3 Å². The Kier molecular flexibility index (Phi) is 4.94. The molecule has 28 heavy (non-hydrogen) atoms. The topological polar surface area (TPSA) is 112 Å². The van der Waals surface area contributed by atoms with Gasteiger partial charge in [0.05, 0.1) is 18.4 Å². The maximum Gasteiger partial charge on any atom is 0.246 e. The minimum atomic E-state index is -3.62. The van der Waals surface area contributed by atoms with E-state index in [0.717, 1.165) is 18.4 Å². The second-order valence-electron chi connectivity index (χ2n) is 6.73. The normalized spacial score (nSPS) is 18.0. The number of aromatic nitrogens is 7. The molecule has 0 radical (unpaired) electrons. The molecule has 10 nitrogen and oxygen atoms in total.